The molecule has 2 rings (SSSR count). The Morgan fingerprint density at radius 3 is 2.67 bits per heavy atom. The molecule has 68 valence electrons. The third kappa shape index (κ3) is 2.12. The zero-order valence-electron chi connectivity index (χ0n) is 5.90. The van der Waals surface area contributed by atoms with E-state index in [1.807, 2.05) is 24.3 Å². The Bertz CT molecular complexity index is 241. The first kappa shape index (κ1) is 11.3. The summed E-state index contributed by atoms with van der Waals surface area (Å²) < 4.78 is 5.24. The second-order valence-electron chi connectivity index (χ2n) is 2.30. The number of fused-ring (bicyclic) bond motifs is 1. The molecule has 0 saturated heterocycles. The molecule has 0 unspecified atom stereocenters. The number of hydrogen-bond acceptors (Lipinski definition) is 1. The van der Waals surface area contributed by atoms with Crippen molar-refractivity contribution in [2.24, 2.45) is 0 Å². The molecule has 1 aromatic rings. The Morgan fingerprint density at radius 2 is 1.92 bits per heavy atom. The summed E-state index contributed by atoms with van der Waals surface area (Å²) in [5, 5.41) is 0. The van der Waals surface area contributed by atoms with Gasteiger partial charge in [0.05, 0.1) is 6.26 Å². The fourth-order valence-electron chi connectivity index (χ4n) is 1.08. The second-order valence-corrected chi connectivity index (χ2v) is 2.30. The van der Waals surface area contributed by atoms with Crippen molar-refractivity contribution < 1.29 is 21.2 Å². The van der Waals surface area contributed by atoms with Crippen LogP contribution in [0.1, 0.15) is 13.0 Å². The van der Waals surface area contributed by atoms with Gasteiger partial charge in [0.15, 0.2) is 0 Å². The summed E-state index contributed by atoms with van der Waals surface area (Å²) in [7, 11) is 0. The number of benzene rings is 1. The van der Waals surface area contributed by atoms with E-state index in [0.717, 1.165) is 12.2 Å². The summed E-state index contributed by atoms with van der Waals surface area (Å²) >= 11 is 0. The number of allylic oxidation sites excluding steroid dienone is 1. The SMILES string of the molecule is C.C1=COc2ccccc2C1.[Ni]. The average Bonchev–Trinajstić information content (AvgIpc) is 2.05. The zero-order chi connectivity index (χ0) is 6.81. The molecule has 0 aromatic heterocycles. The molecule has 1 nitrogen and oxygen atoms in total. The summed E-state index contributed by atoms with van der Waals surface area (Å²) in [5.74, 6) is 0.991. The van der Waals surface area contributed by atoms with Crippen LogP contribution in [-0.4, -0.2) is 0 Å². The summed E-state index contributed by atoms with van der Waals surface area (Å²) in [6.45, 7) is 0. The van der Waals surface area contributed by atoms with E-state index < -0.39 is 0 Å². The maximum absolute atomic E-state index is 5.24. The van der Waals surface area contributed by atoms with Crippen molar-refractivity contribution in [3.8, 4) is 5.75 Å². The van der Waals surface area contributed by atoms with Crippen molar-refractivity contribution in [1.29, 1.82) is 0 Å². The van der Waals surface area contributed by atoms with E-state index in [2.05, 4.69) is 6.07 Å². The van der Waals surface area contributed by atoms with Gasteiger partial charge in [-0.25, -0.2) is 0 Å². The van der Waals surface area contributed by atoms with Crippen molar-refractivity contribution in [1.82, 2.24) is 0 Å². The van der Waals surface area contributed by atoms with Gasteiger partial charge in [-0.05, 0) is 24.1 Å². The van der Waals surface area contributed by atoms with Crippen LogP contribution >= 0.6 is 0 Å². The first-order valence-electron chi connectivity index (χ1n) is 3.36. The van der Waals surface area contributed by atoms with Crippen molar-refractivity contribution in [3.63, 3.8) is 0 Å². The van der Waals surface area contributed by atoms with Gasteiger partial charge in [0.1, 0.15) is 5.75 Å². The van der Waals surface area contributed by atoms with Crippen LogP contribution in [0.2, 0.25) is 0 Å². The van der Waals surface area contributed by atoms with Crippen molar-refractivity contribution in [2.45, 2.75) is 13.8 Å². The fraction of sp³-hybridized carbons (Fsp3) is 0.200. The van der Waals surface area contributed by atoms with Gasteiger partial charge >= 0.3 is 0 Å². The summed E-state index contributed by atoms with van der Waals surface area (Å²) in [6, 6.07) is 8.08. The van der Waals surface area contributed by atoms with Crippen molar-refractivity contribution in [3.05, 3.63) is 42.2 Å². The minimum absolute atomic E-state index is 0. The van der Waals surface area contributed by atoms with Crippen LogP contribution in [0.5, 0.6) is 5.75 Å². The molecule has 0 radical (unpaired) electrons. The maximum Gasteiger partial charge on any atom is 0.130 e. The first-order chi connectivity index (χ1) is 4.97. The molecule has 0 fully saturated rings. The van der Waals surface area contributed by atoms with Crippen LogP contribution < -0.4 is 4.74 Å². The maximum atomic E-state index is 5.24. The van der Waals surface area contributed by atoms with E-state index in [1.54, 1.807) is 6.26 Å². The summed E-state index contributed by atoms with van der Waals surface area (Å²) in [6.07, 6.45) is 4.75. The number of para-hydroxylation sites is 1. The number of ether oxygens (including phenoxy) is 1. The molecule has 1 aliphatic rings. The molecule has 0 spiro atoms. The molecule has 12 heavy (non-hydrogen) atoms. The Kier molecular flexibility index (Phi) is 4.69. The Morgan fingerprint density at radius 1 is 1.17 bits per heavy atom. The summed E-state index contributed by atoms with van der Waals surface area (Å²) in [4.78, 5) is 0. The van der Waals surface area contributed by atoms with Gasteiger partial charge in [0.2, 0.25) is 0 Å². The van der Waals surface area contributed by atoms with Crippen LogP contribution in [0.15, 0.2) is 36.6 Å². The van der Waals surface area contributed by atoms with Gasteiger partial charge in [0.25, 0.3) is 0 Å². The molecule has 1 heterocycles. The normalized spacial score (nSPS) is 11.7. The molecule has 0 saturated carbocycles. The minimum atomic E-state index is 0. The largest absolute Gasteiger partial charge is 0.465 e. The molecular weight excluding hydrogens is 195 g/mol. The molecule has 0 aliphatic carbocycles. The molecule has 0 N–H and O–H groups in total. The van der Waals surface area contributed by atoms with E-state index in [0.29, 0.717) is 0 Å². The predicted molar refractivity (Wildman–Crippen MR) is 46.6 cm³/mol. The van der Waals surface area contributed by atoms with Crippen molar-refractivity contribution in [2.75, 3.05) is 0 Å². The third-order valence-corrected chi connectivity index (χ3v) is 1.60. The van der Waals surface area contributed by atoms with Gasteiger partial charge in [-0.2, -0.15) is 0 Å². The van der Waals surface area contributed by atoms with Gasteiger partial charge in [0, 0.05) is 16.5 Å². The van der Waals surface area contributed by atoms with E-state index in [1.165, 1.54) is 5.56 Å². The van der Waals surface area contributed by atoms with Crippen LogP contribution in [0, 0.1) is 0 Å². The van der Waals surface area contributed by atoms with Gasteiger partial charge in [-0.15, -0.1) is 0 Å². The van der Waals surface area contributed by atoms with Crippen LogP contribution in [0.3, 0.4) is 0 Å². The molecule has 0 atom stereocenters. The van der Waals surface area contributed by atoms with Crippen molar-refractivity contribution >= 4 is 0 Å². The smallest absolute Gasteiger partial charge is 0.130 e. The molecule has 1 aliphatic heterocycles. The molecule has 2 heteroatoms. The van der Waals surface area contributed by atoms with Gasteiger partial charge in [-0.3, -0.25) is 0 Å². The second kappa shape index (κ2) is 5.00. The number of hydrogen-bond donors (Lipinski definition) is 0. The fourth-order valence-corrected chi connectivity index (χ4v) is 1.08. The summed E-state index contributed by atoms with van der Waals surface area (Å²) in [5.41, 5.74) is 1.27. The van der Waals surface area contributed by atoms with Crippen LogP contribution in [0.25, 0.3) is 0 Å². The van der Waals surface area contributed by atoms with E-state index >= 15 is 0 Å². The van der Waals surface area contributed by atoms with E-state index in [-0.39, 0.29) is 23.9 Å². The topological polar surface area (TPSA) is 9.23 Å². The first-order valence-corrected chi connectivity index (χ1v) is 3.36. The van der Waals surface area contributed by atoms with E-state index in [9.17, 15) is 0 Å². The predicted octanol–water partition coefficient (Wildman–Crippen LogP) is 2.77. The number of rotatable bonds is 0. The molecule has 0 bridgehead atoms. The minimum Gasteiger partial charge on any atom is -0.465 e. The van der Waals surface area contributed by atoms with Gasteiger partial charge < -0.3 is 4.74 Å². The van der Waals surface area contributed by atoms with Crippen LogP contribution in [-0.2, 0) is 22.9 Å². The Hall–Kier alpha value is -0.746. The van der Waals surface area contributed by atoms with Crippen LogP contribution in [0.4, 0.5) is 0 Å². The average molecular weight is 207 g/mol. The molecular formula is C10H12NiO. The molecule has 1 aromatic carbocycles. The standard InChI is InChI=1S/C9H8O.CH4.Ni/c1-2-6-9-8(4-1)5-3-7-10-9;;/h1-4,6-7H,5H2;1H4;. The zero-order valence-corrected chi connectivity index (χ0v) is 6.88. The third-order valence-electron chi connectivity index (χ3n) is 1.60. The quantitative estimate of drug-likeness (QED) is 0.594. The Balaban J connectivity index is 0.000000605. The Labute approximate surface area is 83.4 Å². The van der Waals surface area contributed by atoms with Gasteiger partial charge in [-0.1, -0.05) is 25.6 Å². The molecule has 0 amide bonds. The monoisotopic (exact) mass is 206 g/mol. The van der Waals surface area contributed by atoms with E-state index in [4.69, 9.17) is 4.74 Å².